The van der Waals surface area contributed by atoms with Crippen LogP contribution in [0.25, 0.3) is 0 Å². The Labute approximate surface area is 614 Å². The van der Waals surface area contributed by atoms with E-state index in [0.29, 0.717) is 19.3 Å². The SMILES string of the molecule is CC/C=C\C/C=C\C/C=C\C/C=C\C/C=C\C/C=C\CCCCCCC(=O)OCC(COP(=O)(O)OCC(O)COP(=O)(O)OCC(O)COC(=O)CCCCCCCCCCCCCCC/C=C\C/C=C\C/C=C\C/C=C\CCCCC)OC(=O)CCCCCCCCCCCCCCC. The maximum atomic E-state index is 12.9. The number of carbonyl (C=O) groups is 3. The number of phosphoric acid groups is 2. The van der Waals surface area contributed by atoms with Gasteiger partial charge in [-0.3, -0.25) is 32.5 Å². The molecule has 0 spiro atoms. The smallest absolute Gasteiger partial charge is 0.463 e. The van der Waals surface area contributed by atoms with Gasteiger partial charge in [-0.25, -0.2) is 9.13 Å². The summed E-state index contributed by atoms with van der Waals surface area (Å²) in [6, 6.07) is 0. The number of phosphoric ester groups is 2. The molecule has 0 heterocycles. The molecule has 0 saturated heterocycles. The molecule has 0 bridgehead atoms. The van der Waals surface area contributed by atoms with E-state index in [9.17, 15) is 43.5 Å². The van der Waals surface area contributed by atoms with Gasteiger partial charge >= 0.3 is 33.6 Å². The van der Waals surface area contributed by atoms with E-state index >= 15 is 0 Å². The summed E-state index contributed by atoms with van der Waals surface area (Å²) in [6.45, 7) is 2.53. The van der Waals surface area contributed by atoms with Crippen molar-refractivity contribution >= 4 is 33.6 Å². The van der Waals surface area contributed by atoms with Gasteiger partial charge < -0.3 is 34.2 Å². The molecule has 582 valence electrons. The average Bonchev–Trinajstić information content (AvgIpc) is 0.939. The maximum absolute atomic E-state index is 12.9. The highest BCUT2D eigenvalue weighted by Gasteiger charge is 2.29. The lowest BCUT2D eigenvalue weighted by atomic mass is 10.0. The summed E-state index contributed by atoms with van der Waals surface area (Å²) in [5.74, 6) is -1.60. The summed E-state index contributed by atoms with van der Waals surface area (Å²) in [6.07, 6.45) is 89.6. The van der Waals surface area contributed by atoms with Crippen LogP contribution in [0.2, 0.25) is 0 Å². The third-order valence-corrected chi connectivity index (χ3v) is 18.6. The molecule has 0 aliphatic carbocycles. The zero-order chi connectivity index (χ0) is 73.7. The molecular formula is C83H144O16P2. The fraction of sp³-hybridized carbons (Fsp3) is 0.723. The van der Waals surface area contributed by atoms with Crippen molar-refractivity contribution in [2.75, 3.05) is 39.6 Å². The molecule has 0 aliphatic heterocycles. The van der Waals surface area contributed by atoms with Crippen LogP contribution in [-0.2, 0) is 55.8 Å². The lowest BCUT2D eigenvalue weighted by Gasteiger charge is -2.21. The number of aliphatic hydroxyl groups is 2. The van der Waals surface area contributed by atoms with Gasteiger partial charge in [0.15, 0.2) is 6.10 Å². The number of hydrogen-bond donors (Lipinski definition) is 4. The molecule has 0 aromatic heterocycles. The summed E-state index contributed by atoms with van der Waals surface area (Å²) in [4.78, 5) is 58.6. The second-order valence-corrected chi connectivity index (χ2v) is 29.4. The van der Waals surface area contributed by atoms with E-state index < -0.39 is 91.5 Å². The number of rotatable bonds is 75. The Balaban J connectivity index is 4.52. The predicted octanol–water partition coefficient (Wildman–Crippen LogP) is 23.3. The molecule has 0 saturated carbocycles. The first-order valence-corrected chi connectivity index (χ1v) is 42.8. The van der Waals surface area contributed by atoms with E-state index in [0.717, 1.165) is 135 Å². The quantitative estimate of drug-likeness (QED) is 0.0146. The first-order chi connectivity index (χ1) is 49.2. The number of esters is 3. The van der Waals surface area contributed by atoms with E-state index in [1.807, 2.05) is 0 Å². The van der Waals surface area contributed by atoms with Crippen LogP contribution < -0.4 is 0 Å². The van der Waals surface area contributed by atoms with Crippen molar-refractivity contribution in [2.24, 2.45) is 0 Å². The maximum Gasteiger partial charge on any atom is 0.472 e. The van der Waals surface area contributed by atoms with Gasteiger partial charge in [0.05, 0.1) is 26.4 Å². The number of unbranched alkanes of at least 4 members (excludes halogenated alkanes) is 32. The van der Waals surface area contributed by atoms with Gasteiger partial charge in [0.1, 0.15) is 25.4 Å². The normalized spacial score (nSPS) is 14.6. The predicted molar refractivity (Wildman–Crippen MR) is 417 cm³/mol. The van der Waals surface area contributed by atoms with Crippen LogP contribution in [0.15, 0.2) is 122 Å². The molecule has 0 fully saturated rings. The average molecular weight is 1460 g/mol. The van der Waals surface area contributed by atoms with Gasteiger partial charge in [0.25, 0.3) is 0 Å². The van der Waals surface area contributed by atoms with Crippen molar-refractivity contribution in [3.05, 3.63) is 122 Å². The van der Waals surface area contributed by atoms with Gasteiger partial charge in [0, 0.05) is 19.3 Å². The first-order valence-electron chi connectivity index (χ1n) is 39.8. The van der Waals surface area contributed by atoms with E-state index in [1.54, 1.807) is 0 Å². The van der Waals surface area contributed by atoms with Gasteiger partial charge in [-0.15, -0.1) is 0 Å². The third-order valence-electron chi connectivity index (χ3n) is 16.7. The lowest BCUT2D eigenvalue weighted by Crippen LogP contribution is -2.30. The van der Waals surface area contributed by atoms with Crippen LogP contribution in [0.5, 0.6) is 0 Å². The Morgan fingerprint density at radius 3 is 0.851 bits per heavy atom. The van der Waals surface area contributed by atoms with Crippen molar-refractivity contribution in [1.29, 1.82) is 0 Å². The highest BCUT2D eigenvalue weighted by atomic mass is 31.2. The van der Waals surface area contributed by atoms with Gasteiger partial charge in [0.2, 0.25) is 0 Å². The second kappa shape index (κ2) is 75.6. The molecule has 16 nitrogen and oxygen atoms in total. The van der Waals surface area contributed by atoms with Crippen molar-refractivity contribution < 1.29 is 75.8 Å². The summed E-state index contributed by atoms with van der Waals surface area (Å²) < 4.78 is 61.1. The summed E-state index contributed by atoms with van der Waals surface area (Å²) in [5, 5.41) is 20.6. The lowest BCUT2D eigenvalue weighted by molar-refractivity contribution is -0.161. The topological polar surface area (TPSA) is 231 Å². The molecule has 18 heteroatoms. The van der Waals surface area contributed by atoms with Crippen LogP contribution in [0.3, 0.4) is 0 Å². The number of aliphatic hydroxyl groups excluding tert-OH is 2. The highest BCUT2D eigenvalue weighted by Crippen LogP contribution is 2.45. The summed E-state index contributed by atoms with van der Waals surface area (Å²) in [5.41, 5.74) is 0. The fourth-order valence-corrected chi connectivity index (χ4v) is 12.2. The monoisotopic (exact) mass is 1460 g/mol. The molecule has 4 N–H and O–H groups in total. The number of ether oxygens (including phenoxy) is 3. The molecular weight excluding hydrogens is 1310 g/mol. The Bertz CT molecular complexity index is 2320. The summed E-state index contributed by atoms with van der Waals surface area (Å²) >= 11 is 0. The molecule has 0 amide bonds. The molecule has 5 atom stereocenters. The minimum Gasteiger partial charge on any atom is -0.463 e. The number of hydrogen-bond acceptors (Lipinski definition) is 14. The van der Waals surface area contributed by atoms with Crippen LogP contribution in [0, 0.1) is 0 Å². The minimum absolute atomic E-state index is 0.0995. The second-order valence-electron chi connectivity index (χ2n) is 26.5. The fourth-order valence-electron chi connectivity index (χ4n) is 10.6. The number of allylic oxidation sites excluding steroid dienone is 20. The zero-order valence-electron chi connectivity index (χ0n) is 63.5. The first kappa shape index (κ1) is 97.0. The standard InChI is InChI=1S/C83H144O16P2/c1-4-7-10-13-16-19-22-25-27-29-31-33-35-36-37-38-39-40-42-44-45-47-49-52-54-57-60-63-66-69-81(86)93-72-78(84)73-95-100(89,90)96-74-79(85)75-97-101(91,92)98-77-80(99-83(88)71-68-65-62-59-56-51-24-21-18-15-12-9-6-3)76-94-82(87)70-67-64-61-58-55-53-50-48-46-43-41-34-32-30-28-26-23-20-17-14-11-8-5-2/h8,11,16-17,19-20,25-28,31-34,36-37,43,46,50,53,78-80,84-85H,4-7,9-10,12-15,18,21-24,29-30,35,38-42,44-45,47-49,51-52,54-77H2,1-3H3,(H,89,90)(H,91,92)/b11-8-,19-16-,20-17-,27-25-,28-26-,33-31-,34-32-,37-36-,46-43-,53-50-. The van der Waals surface area contributed by atoms with Crippen LogP contribution >= 0.6 is 15.6 Å². The Kier molecular flexibility index (Phi) is 72.6. The molecule has 0 aromatic rings. The molecule has 0 rings (SSSR count). The minimum atomic E-state index is -4.93. The third kappa shape index (κ3) is 76.9. The van der Waals surface area contributed by atoms with Crippen molar-refractivity contribution in [3.8, 4) is 0 Å². The molecule has 0 aliphatic rings. The molecule has 5 unspecified atom stereocenters. The Hall–Kier alpha value is -4.05. The zero-order valence-corrected chi connectivity index (χ0v) is 65.3. The van der Waals surface area contributed by atoms with E-state index in [-0.39, 0.29) is 19.3 Å². The van der Waals surface area contributed by atoms with Crippen LogP contribution in [0.1, 0.15) is 329 Å². The van der Waals surface area contributed by atoms with Gasteiger partial charge in [-0.1, -0.05) is 316 Å². The van der Waals surface area contributed by atoms with Crippen LogP contribution in [-0.4, -0.2) is 95.9 Å². The van der Waals surface area contributed by atoms with Crippen molar-refractivity contribution in [2.45, 2.75) is 347 Å². The molecule has 0 aromatic carbocycles. The van der Waals surface area contributed by atoms with E-state index in [4.69, 9.17) is 32.3 Å². The van der Waals surface area contributed by atoms with Gasteiger partial charge in [-0.05, 0) is 116 Å². The van der Waals surface area contributed by atoms with E-state index in [1.165, 1.54) is 135 Å². The Morgan fingerprint density at radius 1 is 0.287 bits per heavy atom. The largest absolute Gasteiger partial charge is 0.472 e. The number of carbonyl (C=O) groups excluding carboxylic acids is 3. The highest BCUT2D eigenvalue weighted by molar-refractivity contribution is 7.47. The Morgan fingerprint density at radius 2 is 0.525 bits per heavy atom. The van der Waals surface area contributed by atoms with Crippen molar-refractivity contribution in [3.63, 3.8) is 0 Å². The van der Waals surface area contributed by atoms with Crippen LogP contribution in [0.4, 0.5) is 0 Å². The van der Waals surface area contributed by atoms with Gasteiger partial charge in [-0.2, -0.15) is 0 Å². The molecule has 101 heavy (non-hydrogen) atoms. The van der Waals surface area contributed by atoms with Crippen molar-refractivity contribution in [1.82, 2.24) is 0 Å². The molecule has 0 radical (unpaired) electrons. The van der Waals surface area contributed by atoms with E-state index in [2.05, 4.69) is 142 Å². The summed E-state index contributed by atoms with van der Waals surface area (Å²) in [7, 11) is -9.79.